The summed E-state index contributed by atoms with van der Waals surface area (Å²) in [6.45, 7) is 0.284. The van der Waals surface area contributed by atoms with Gasteiger partial charge in [0.1, 0.15) is 11.6 Å². The summed E-state index contributed by atoms with van der Waals surface area (Å²) in [4.78, 5) is 30.8. The van der Waals surface area contributed by atoms with Crippen LogP contribution >= 0.6 is 11.6 Å². The Morgan fingerprint density at radius 3 is 2.80 bits per heavy atom. The zero-order valence-corrected chi connectivity index (χ0v) is 19.9. The lowest BCUT2D eigenvalue weighted by atomic mass is 9.88. The number of pyridine rings is 1. The molecule has 182 valence electrons. The van der Waals surface area contributed by atoms with E-state index in [0.29, 0.717) is 34.7 Å². The molecular formula is C26H26ClFN4O3. The van der Waals surface area contributed by atoms with Gasteiger partial charge in [-0.05, 0) is 59.4 Å². The van der Waals surface area contributed by atoms with Gasteiger partial charge in [-0.2, -0.15) is 0 Å². The highest BCUT2D eigenvalue weighted by atomic mass is 35.5. The van der Waals surface area contributed by atoms with Crippen molar-refractivity contribution < 1.29 is 19.1 Å². The first-order valence-electron chi connectivity index (χ1n) is 11.2. The van der Waals surface area contributed by atoms with Crippen LogP contribution in [0, 0.1) is 5.82 Å². The molecule has 1 fully saturated rings. The second-order valence-corrected chi connectivity index (χ2v) is 9.10. The van der Waals surface area contributed by atoms with E-state index < -0.39 is 17.8 Å². The quantitative estimate of drug-likeness (QED) is 0.479. The highest BCUT2D eigenvalue weighted by Gasteiger charge is 2.26. The number of aliphatic hydroxyl groups excluding tert-OH is 1. The fourth-order valence-electron chi connectivity index (χ4n) is 4.23. The molecule has 2 atom stereocenters. The fourth-order valence-corrected chi connectivity index (χ4v) is 4.43. The number of nitrogens with zero attached hydrogens (tertiary/aromatic N) is 2. The lowest BCUT2D eigenvalue weighted by Gasteiger charge is -2.29. The maximum Gasteiger partial charge on any atom is 0.254 e. The summed E-state index contributed by atoms with van der Waals surface area (Å²) in [7, 11) is 1.78. The number of aliphatic hydroxyl groups is 1. The van der Waals surface area contributed by atoms with Gasteiger partial charge >= 0.3 is 0 Å². The summed E-state index contributed by atoms with van der Waals surface area (Å²) in [5.74, 6) is -1.09. The monoisotopic (exact) mass is 496 g/mol. The Labute approximate surface area is 207 Å². The Morgan fingerprint density at radius 1 is 1.31 bits per heavy atom. The average molecular weight is 497 g/mol. The van der Waals surface area contributed by atoms with Crippen molar-refractivity contribution in [1.29, 1.82) is 0 Å². The number of halogens is 2. The number of likely N-dealkylation sites (tertiary alicyclic amines) is 1. The Morgan fingerprint density at radius 2 is 2.11 bits per heavy atom. The zero-order valence-electron chi connectivity index (χ0n) is 19.2. The van der Waals surface area contributed by atoms with Crippen molar-refractivity contribution in [3.8, 4) is 11.1 Å². The number of hydrogen-bond acceptors (Lipinski definition) is 5. The fraction of sp³-hybridized carbons (Fsp3) is 0.269. The van der Waals surface area contributed by atoms with E-state index in [1.807, 2.05) is 6.07 Å². The van der Waals surface area contributed by atoms with Crippen molar-refractivity contribution >= 4 is 29.2 Å². The average Bonchev–Trinajstić information content (AvgIpc) is 2.84. The van der Waals surface area contributed by atoms with Gasteiger partial charge in [-0.15, -0.1) is 0 Å². The molecule has 2 heterocycles. The van der Waals surface area contributed by atoms with Gasteiger partial charge in [0.2, 0.25) is 5.91 Å². The van der Waals surface area contributed by atoms with E-state index in [-0.39, 0.29) is 29.8 Å². The number of benzene rings is 2. The molecule has 0 radical (unpaired) electrons. The summed E-state index contributed by atoms with van der Waals surface area (Å²) >= 11 is 6.00. The van der Waals surface area contributed by atoms with Crippen molar-refractivity contribution in [2.24, 2.45) is 0 Å². The van der Waals surface area contributed by atoms with Crippen LogP contribution in [-0.2, 0) is 4.79 Å². The van der Waals surface area contributed by atoms with Crippen LogP contribution in [-0.4, -0.2) is 47.0 Å². The predicted octanol–water partition coefficient (Wildman–Crippen LogP) is 3.92. The molecule has 4 rings (SSSR count). The van der Waals surface area contributed by atoms with Crippen LogP contribution in [0.25, 0.3) is 11.1 Å². The third-order valence-electron chi connectivity index (χ3n) is 6.33. The maximum absolute atomic E-state index is 15.0. The molecule has 1 saturated heterocycles. The topological polar surface area (TPSA) is 109 Å². The zero-order chi connectivity index (χ0) is 25.1. The lowest BCUT2D eigenvalue weighted by Crippen LogP contribution is -2.34. The summed E-state index contributed by atoms with van der Waals surface area (Å²) < 4.78 is 15.0. The van der Waals surface area contributed by atoms with Crippen LogP contribution in [0.1, 0.15) is 46.3 Å². The lowest BCUT2D eigenvalue weighted by molar-refractivity contribution is -0.132. The Bertz CT molecular complexity index is 1270. The summed E-state index contributed by atoms with van der Waals surface area (Å²) in [6, 6.07) is 12.0. The van der Waals surface area contributed by atoms with Crippen LogP contribution in [0.3, 0.4) is 0 Å². The number of hydrogen-bond donors (Lipinski definition) is 3. The predicted molar refractivity (Wildman–Crippen MR) is 132 cm³/mol. The van der Waals surface area contributed by atoms with Gasteiger partial charge in [0.05, 0.1) is 18.2 Å². The normalized spacial score (nSPS) is 16.7. The second-order valence-electron chi connectivity index (χ2n) is 8.66. The third-order valence-corrected chi connectivity index (χ3v) is 6.57. The number of piperidine rings is 1. The Balaban J connectivity index is 1.56. The third kappa shape index (κ3) is 5.44. The van der Waals surface area contributed by atoms with Crippen molar-refractivity contribution in [3.63, 3.8) is 0 Å². The highest BCUT2D eigenvalue weighted by molar-refractivity contribution is 6.30. The molecule has 0 saturated carbocycles. The van der Waals surface area contributed by atoms with Crippen molar-refractivity contribution in [3.05, 3.63) is 82.3 Å². The minimum absolute atomic E-state index is 0.0161. The molecule has 0 aliphatic carbocycles. The van der Waals surface area contributed by atoms with Gasteiger partial charge in [0.25, 0.3) is 5.91 Å². The van der Waals surface area contributed by atoms with E-state index in [4.69, 9.17) is 17.3 Å². The molecule has 0 spiro atoms. The largest absolute Gasteiger partial charge is 0.394 e. The molecule has 7 nitrogen and oxygen atoms in total. The standard InChI is InChI=1S/C26H26ClFN4O3/c1-32-8-7-15(12-24(32)34)18-10-21(25(29)30-13-18)16-5-6-20(22(28)11-16)26(35)31-23(14-33)17-3-2-4-19(27)9-17/h2-6,9-11,13,15,23,33H,7-8,12,14H2,1H3,(H2,29,30)(H,31,35). The van der Waals surface area contributed by atoms with Crippen molar-refractivity contribution in [2.45, 2.75) is 24.8 Å². The van der Waals surface area contributed by atoms with Gasteiger partial charge in [0, 0.05) is 36.8 Å². The molecular weight excluding hydrogens is 471 g/mol. The van der Waals surface area contributed by atoms with E-state index in [9.17, 15) is 14.7 Å². The molecule has 35 heavy (non-hydrogen) atoms. The number of rotatable bonds is 6. The SMILES string of the molecule is CN1CCC(c2cnc(N)c(-c3ccc(C(=O)NC(CO)c4cccc(Cl)c4)c(F)c3)c2)CC1=O. The van der Waals surface area contributed by atoms with E-state index in [1.165, 1.54) is 12.1 Å². The molecule has 4 N–H and O–H groups in total. The molecule has 2 aromatic carbocycles. The number of nitrogen functional groups attached to an aromatic ring is 1. The van der Waals surface area contributed by atoms with Crippen LogP contribution in [0.15, 0.2) is 54.7 Å². The second kappa shape index (κ2) is 10.4. The van der Waals surface area contributed by atoms with Gasteiger partial charge in [-0.1, -0.05) is 29.8 Å². The van der Waals surface area contributed by atoms with Crippen LogP contribution in [0.4, 0.5) is 10.2 Å². The van der Waals surface area contributed by atoms with E-state index in [2.05, 4.69) is 10.3 Å². The summed E-state index contributed by atoms with van der Waals surface area (Å²) in [5.41, 5.74) is 8.39. The minimum atomic E-state index is -0.742. The Hall–Kier alpha value is -3.49. The molecule has 2 unspecified atom stereocenters. The number of anilines is 1. The molecule has 1 aliphatic heterocycles. The van der Waals surface area contributed by atoms with Gasteiger partial charge in [0.15, 0.2) is 0 Å². The number of aromatic nitrogens is 1. The first-order chi connectivity index (χ1) is 16.8. The van der Waals surface area contributed by atoms with Gasteiger partial charge in [-0.3, -0.25) is 9.59 Å². The first-order valence-corrected chi connectivity index (χ1v) is 11.6. The van der Waals surface area contributed by atoms with Crippen molar-refractivity contribution in [1.82, 2.24) is 15.2 Å². The van der Waals surface area contributed by atoms with Crippen molar-refractivity contribution in [2.75, 3.05) is 25.9 Å². The minimum Gasteiger partial charge on any atom is -0.394 e. The molecule has 0 bridgehead atoms. The first kappa shape index (κ1) is 24.6. The van der Waals surface area contributed by atoms with Gasteiger partial charge in [-0.25, -0.2) is 9.37 Å². The number of amides is 2. The highest BCUT2D eigenvalue weighted by Crippen LogP contribution is 2.33. The molecule has 9 heteroatoms. The molecule has 1 aliphatic rings. The number of carbonyl (C=O) groups is 2. The Kier molecular flexibility index (Phi) is 7.33. The van der Waals surface area contributed by atoms with E-state index >= 15 is 4.39 Å². The van der Waals surface area contributed by atoms with E-state index in [1.54, 1.807) is 48.5 Å². The van der Waals surface area contributed by atoms with Gasteiger partial charge < -0.3 is 21.1 Å². The smallest absolute Gasteiger partial charge is 0.254 e. The maximum atomic E-state index is 15.0. The molecule has 2 amide bonds. The number of nitrogens with two attached hydrogens (primary N) is 1. The van der Waals surface area contributed by atoms with E-state index in [0.717, 1.165) is 12.0 Å². The van der Waals surface area contributed by atoms with Crippen LogP contribution in [0.2, 0.25) is 5.02 Å². The molecule has 1 aromatic heterocycles. The summed E-state index contributed by atoms with van der Waals surface area (Å²) in [6.07, 6.45) is 2.85. The number of carbonyl (C=O) groups excluding carboxylic acids is 2. The molecule has 3 aromatic rings. The van der Waals surface area contributed by atoms with Crippen LogP contribution < -0.4 is 11.1 Å². The summed E-state index contributed by atoms with van der Waals surface area (Å²) in [5, 5.41) is 12.8. The van der Waals surface area contributed by atoms with Crippen LogP contribution in [0.5, 0.6) is 0 Å². The number of nitrogens with one attached hydrogen (secondary N) is 1.